The number of ether oxygens (including phenoxy) is 2. The van der Waals surface area contributed by atoms with E-state index in [1.54, 1.807) is 26.4 Å². The third-order valence-electron chi connectivity index (χ3n) is 4.85. The van der Waals surface area contributed by atoms with E-state index in [1.165, 1.54) is 15.9 Å². The topological polar surface area (TPSA) is 91.2 Å². The average molecular weight is 379 g/mol. The van der Waals surface area contributed by atoms with Gasteiger partial charge in [-0.05, 0) is 47.4 Å². The summed E-state index contributed by atoms with van der Waals surface area (Å²) >= 11 is 0. The predicted molar refractivity (Wildman–Crippen MR) is 102 cm³/mol. The summed E-state index contributed by atoms with van der Waals surface area (Å²) in [5, 5.41) is 15.4. The minimum atomic E-state index is -0.141. The minimum absolute atomic E-state index is 0.0129. The predicted octanol–water partition coefficient (Wildman–Crippen LogP) is 2.16. The summed E-state index contributed by atoms with van der Waals surface area (Å²) in [6, 6.07) is 13.6. The Labute approximate surface area is 162 Å². The smallest absolute Gasteiger partial charge is 0.244 e. The molecule has 0 aliphatic heterocycles. The van der Waals surface area contributed by atoms with Crippen LogP contribution in [0.2, 0.25) is 0 Å². The number of benzene rings is 2. The van der Waals surface area contributed by atoms with Gasteiger partial charge in [-0.15, -0.1) is 10.2 Å². The lowest BCUT2D eigenvalue weighted by Crippen LogP contribution is -2.31. The van der Waals surface area contributed by atoms with Gasteiger partial charge in [0.1, 0.15) is 6.54 Å². The largest absolute Gasteiger partial charge is 0.493 e. The molecule has 8 nitrogen and oxygen atoms in total. The summed E-state index contributed by atoms with van der Waals surface area (Å²) in [4.78, 5) is 13.7. The molecule has 28 heavy (non-hydrogen) atoms. The zero-order valence-corrected chi connectivity index (χ0v) is 15.8. The first-order valence-corrected chi connectivity index (χ1v) is 9.05. The van der Waals surface area contributed by atoms with Crippen LogP contribution < -0.4 is 14.8 Å². The number of hydrogen-bond donors (Lipinski definition) is 1. The van der Waals surface area contributed by atoms with E-state index in [0.29, 0.717) is 17.3 Å². The first kappa shape index (κ1) is 18.0. The van der Waals surface area contributed by atoms with Gasteiger partial charge in [0.2, 0.25) is 11.7 Å². The summed E-state index contributed by atoms with van der Waals surface area (Å²) in [5.41, 5.74) is 3.21. The van der Waals surface area contributed by atoms with Gasteiger partial charge >= 0.3 is 0 Å². The summed E-state index contributed by atoms with van der Waals surface area (Å²) < 4.78 is 10.5. The molecular weight excluding hydrogens is 358 g/mol. The molecule has 0 saturated heterocycles. The van der Waals surface area contributed by atoms with E-state index in [2.05, 4.69) is 32.9 Å². The van der Waals surface area contributed by atoms with Crippen molar-refractivity contribution in [1.82, 2.24) is 25.5 Å². The Hall–Kier alpha value is -3.42. The Kier molecular flexibility index (Phi) is 4.92. The fourth-order valence-electron chi connectivity index (χ4n) is 3.48. The van der Waals surface area contributed by atoms with E-state index in [1.807, 2.05) is 18.2 Å². The van der Waals surface area contributed by atoms with Gasteiger partial charge in [0.15, 0.2) is 11.5 Å². The molecule has 1 aliphatic carbocycles. The van der Waals surface area contributed by atoms with Crippen molar-refractivity contribution in [2.24, 2.45) is 0 Å². The van der Waals surface area contributed by atoms with Crippen LogP contribution in [0.25, 0.3) is 11.4 Å². The van der Waals surface area contributed by atoms with E-state index in [-0.39, 0.29) is 18.5 Å². The molecule has 144 valence electrons. The van der Waals surface area contributed by atoms with Crippen LogP contribution in [0.1, 0.15) is 23.6 Å². The summed E-state index contributed by atoms with van der Waals surface area (Å²) in [7, 11) is 3.14. The molecule has 0 unspecified atom stereocenters. The van der Waals surface area contributed by atoms with Gasteiger partial charge < -0.3 is 14.8 Å². The van der Waals surface area contributed by atoms with Crippen molar-refractivity contribution >= 4 is 5.91 Å². The number of amides is 1. The van der Waals surface area contributed by atoms with Crippen LogP contribution in [0, 0.1) is 0 Å². The van der Waals surface area contributed by atoms with Crippen molar-refractivity contribution < 1.29 is 14.3 Å². The third kappa shape index (κ3) is 3.53. The maximum absolute atomic E-state index is 12.4. The van der Waals surface area contributed by atoms with Crippen molar-refractivity contribution in [3.63, 3.8) is 0 Å². The van der Waals surface area contributed by atoms with Crippen molar-refractivity contribution in [2.45, 2.75) is 25.4 Å². The Bertz CT molecular complexity index is 1000. The van der Waals surface area contributed by atoms with Gasteiger partial charge in [-0.1, -0.05) is 24.3 Å². The Morgan fingerprint density at radius 3 is 2.82 bits per heavy atom. The van der Waals surface area contributed by atoms with Crippen LogP contribution in [0.4, 0.5) is 0 Å². The average Bonchev–Trinajstić information content (AvgIpc) is 3.35. The molecule has 1 heterocycles. The normalized spacial score (nSPS) is 15.1. The first-order chi connectivity index (χ1) is 13.7. The first-order valence-electron chi connectivity index (χ1n) is 9.05. The monoisotopic (exact) mass is 379 g/mol. The van der Waals surface area contributed by atoms with Gasteiger partial charge in [0, 0.05) is 5.56 Å². The maximum atomic E-state index is 12.4. The number of nitrogens with zero attached hydrogens (tertiary/aromatic N) is 4. The van der Waals surface area contributed by atoms with E-state index in [0.717, 1.165) is 18.4 Å². The number of fused-ring (bicyclic) bond motifs is 1. The molecule has 1 aromatic heterocycles. The zero-order chi connectivity index (χ0) is 19.5. The number of carbonyl (C=O) groups is 1. The molecular formula is C20H21N5O3. The molecule has 0 bridgehead atoms. The molecule has 3 aromatic rings. The molecule has 0 radical (unpaired) electrons. The van der Waals surface area contributed by atoms with Crippen molar-refractivity contribution in [2.75, 3.05) is 14.2 Å². The van der Waals surface area contributed by atoms with Crippen LogP contribution in [-0.4, -0.2) is 40.3 Å². The van der Waals surface area contributed by atoms with Crippen molar-refractivity contribution in [3.8, 4) is 22.9 Å². The molecule has 1 amide bonds. The fraction of sp³-hybridized carbons (Fsp3) is 0.300. The maximum Gasteiger partial charge on any atom is 0.244 e. The summed E-state index contributed by atoms with van der Waals surface area (Å²) in [6.07, 6.45) is 1.89. The lowest BCUT2D eigenvalue weighted by molar-refractivity contribution is -0.122. The second kappa shape index (κ2) is 7.67. The van der Waals surface area contributed by atoms with Gasteiger partial charge in [0.25, 0.3) is 0 Å². The second-order valence-electron chi connectivity index (χ2n) is 6.57. The van der Waals surface area contributed by atoms with Gasteiger partial charge in [-0.3, -0.25) is 4.79 Å². The van der Waals surface area contributed by atoms with Gasteiger partial charge in [-0.25, -0.2) is 0 Å². The second-order valence-corrected chi connectivity index (χ2v) is 6.57. The molecule has 1 N–H and O–H groups in total. The van der Waals surface area contributed by atoms with Crippen LogP contribution in [-0.2, 0) is 17.8 Å². The highest BCUT2D eigenvalue weighted by atomic mass is 16.5. The molecule has 0 saturated carbocycles. The van der Waals surface area contributed by atoms with Crippen LogP contribution in [0.3, 0.4) is 0 Å². The van der Waals surface area contributed by atoms with Crippen LogP contribution in [0.5, 0.6) is 11.5 Å². The minimum Gasteiger partial charge on any atom is -0.493 e. The number of aryl methyl sites for hydroxylation is 1. The fourth-order valence-corrected chi connectivity index (χ4v) is 3.48. The summed E-state index contributed by atoms with van der Waals surface area (Å²) in [6.45, 7) is 0.0129. The number of carbonyl (C=O) groups excluding carboxylic acids is 1. The highest BCUT2D eigenvalue weighted by molar-refractivity contribution is 5.76. The van der Waals surface area contributed by atoms with Crippen LogP contribution in [0.15, 0.2) is 42.5 Å². The molecule has 2 aromatic carbocycles. The highest BCUT2D eigenvalue weighted by Crippen LogP contribution is 2.31. The van der Waals surface area contributed by atoms with E-state index in [9.17, 15) is 4.79 Å². The molecule has 1 aliphatic rings. The SMILES string of the molecule is COc1ccc(-c2nnn(CC(=O)N[C@@H]3CCc4ccccc43)n2)cc1OC. The van der Waals surface area contributed by atoms with Gasteiger partial charge in [-0.2, -0.15) is 4.80 Å². The lowest BCUT2D eigenvalue weighted by atomic mass is 10.1. The molecule has 8 heteroatoms. The van der Waals surface area contributed by atoms with Gasteiger partial charge in [0.05, 0.1) is 20.3 Å². The number of aromatic nitrogens is 4. The number of hydrogen-bond acceptors (Lipinski definition) is 6. The number of nitrogens with one attached hydrogen (secondary N) is 1. The van der Waals surface area contributed by atoms with Crippen molar-refractivity contribution in [1.29, 1.82) is 0 Å². The number of tetrazole rings is 1. The van der Waals surface area contributed by atoms with Crippen molar-refractivity contribution in [3.05, 3.63) is 53.6 Å². The highest BCUT2D eigenvalue weighted by Gasteiger charge is 2.23. The van der Waals surface area contributed by atoms with E-state index >= 15 is 0 Å². The Morgan fingerprint density at radius 1 is 1.18 bits per heavy atom. The molecule has 0 spiro atoms. The van der Waals surface area contributed by atoms with E-state index < -0.39 is 0 Å². The van der Waals surface area contributed by atoms with Crippen LogP contribution >= 0.6 is 0 Å². The lowest BCUT2D eigenvalue weighted by Gasteiger charge is -2.13. The number of methoxy groups -OCH3 is 2. The molecule has 0 fully saturated rings. The quantitative estimate of drug-likeness (QED) is 0.706. The standard InChI is InChI=1S/C20H21N5O3/c1-27-17-10-8-14(11-18(17)28-2)20-22-24-25(23-20)12-19(26)21-16-9-7-13-5-3-4-6-15(13)16/h3-6,8,10-11,16H,7,9,12H2,1-2H3,(H,21,26)/t16-/m1/s1. The molecule has 1 atom stereocenters. The summed E-state index contributed by atoms with van der Waals surface area (Å²) in [5.74, 6) is 1.47. The number of rotatable bonds is 6. The Morgan fingerprint density at radius 2 is 2.00 bits per heavy atom. The molecule has 4 rings (SSSR count). The third-order valence-corrected chi connectivity index (χ3v) is 4.85. The Balaban J connectivity index is 1.43. The zero-order valence-electron chi connectivity index (χ0n) is 15.8. The van der Waals surface area contributed by atoms with E-state index in [4.69, 9.17) is 9.47 Å².